The average Bonchev–Trinajstić information content (AvgIpc) is 2.77. The molecule has 0 fully saturated rings. The van der Waals surface area contributed by atoms with E-state index >= 15 is 0 Å². The minimum absolute atomic E-state index is 0.205. The van der Waals surface area contributed by atoms with Gasteiger partial charge >= 0.3 is 0 Å². The van der Waals surface area contributed by atoms with Crippen molar-refractivity contribution in [2.45, 2.75) is 6.92 Å². The number of methoxy groups -OCH3 is 1. The van der Waals surface area contributed by atoms with Gasteiger partial charge in [-0.3, -0.25) is 4.99 Å². The highest BCUT2D eigenvalue weighted by molar-refractivity contribution is 6.03. The summed E-state index contributed by atoms with van der Waals surface area (Å²) < 4.78 is 7.08. The van der Waals surface area contributed by atoms with Gasteiger partial charge in [0.1, 0.15) is 11.4 Å². The molecule has 4 nitrogen and oxygen atoms in total. The molecule has 1 N–H and O–H groups in total. The molecule has 2 aromatic carbocycles. The molecule has 0 saturated carbocycles. The van der Waals surface area contributed by atoms with Crippen LogP contribution in [0.1, 0.15) is 11.1 Å². The molecule has 0 aliphatic carbocycles. The number of aliphatic imine (C=N–C) groups is 1. The van der Waals surface area contributed by atoms with Gasteiger partial charge in [-0.05, 0) is 30.7 Å². The van der Waals surface area contributed by atoms with Crippen molar-refractivity contribution in [3.8, 4) is 11.6 Å². The molecule has 0 radical (unpaired) electrons. The van der Waals surface area contributed by atoms with Crippen LogP contribution in [-0.2, 0) is 7.05 Å². The molecule has 0 atom stereocenters. The highest BCUT2D eigenvalue weighted by Gasteiger charge is 2.12. The van der Waals surface area contributed by atoms with E-state index in [9.17, 15) is 5.11 Å². The molecular formula is C18H18N2O2. The summed E-state index contributed by atoms with van der Waals surface area (Å²) in [5, 5.41) is 11.3. The fraction of sp³-hybridized carbons (Fsp3) is 0.167. The van der Waals surface area contributed by atoms with Crippen LogP contribution >= 0.6 is 0 Å². The first-order valence-corrected chi connectivity index (χ1v) is 7.07. The molecule has 1 aromatic heterocycles. The number of aryl methyl sites for hydroxylation is 2. The van der Waals surface area contributed by atoms with Gasteiger partial charge in [-0.1, -0.05) is 24.3 Å². The Bertz CT molecular complexity index is 863. The molecule has 112 valence electrons. The summed E-state index contributed by atoms with van der Waals surface area (Å²) in [7, 11) is 3.46. The Morgan fingerprint density at radius 2 is 1.95 bits per heavy atom. The molecule has 1 heterocycles. The molecule has 0 aliphatic heterocycles. The predicted octanol–water partition coefficient (Wildman–Crippen LogP) is 3.95. The smallest absolute Gasteiger partial charge is 0.200 e. The second-order valence-electron chi connectivity index (χ2n) is 5.25. The number of para-hydroxylation sites is 1. The number of hydrogen-bond acceptors (Lipinski definition) is 3. The summed E-state index contributed by atoms with van der Waals surface area (Å²) >= 11 is 0. The molecular weight excluding hydrogens is 276 g/mol. The van der Waals surface area contributed by atoms with Crippen molar-refractivity contribution in [3.05, 3.63) is 53.6 Å². The summed E-state index contributed by atoms with van der Waals surface area (Å²) in [5.74, 6) is 0.915. The van der Waals surface area contributed by atoms with E-state index in [-0.39, 0.29) is 5.88 Å². The van der Waals surface area contributed by atoms with Crippen molar-refractivity contribution in [1.82, 2.24) is 4.57 Å². The summed E-state index contributed by atoms with van der Waals surface area (Å²) in [4.78, 5) is 4.51. The van der Waals surface area contributed by atoms with E-state index in [2.05, 4.69) is 4.99 Å². The van der Waals surface area contributed by atoms with E-state index in [1.54, 1.807) is 17.9 Å². The van der Waals surface area contributed by atoms with Crippen LogP contribution in [0.3, 0.4) is 0 Å². The van der Waals surface area contributed by atoms with Gasteiger partial charge in [0.2, 0.25) is 5.88 Å². The Hall–Kier alpha value is -2.75. The molecule has 0 aliphatic rings. The Labute approximate surface area is 129 Å². The quantitative estimate of drug-likeness (QED) is 0.743. The van der Waals surface area contributed by atoms with Gasteiger partial charge < -0.3 is 14.4 Å². The minimum atomic E-state index is 0.205. The van der Waals surface area contributed by atoms with Gasteiger partial charge in [0.15, 0.2) is 0 Å². The molecule has 0 unspecified atom stereocenters. The maximum atomic E-state index is 10.3. The monoisotopic (exact) mass is 294 g/mol. The number of hydrogen-bond donors (Lipinski definition) is 1. The van der Waals surface area contributed by atoms with Crippen molar-refractivity contribution in [3.63, 3.8) is 0 Å². The van der Waals surface area contributed by atoms with Gasteiger partial charge in [-0.2, -0.15) is 0 Å². The number of fused-ring (bicyclic) bond motifs is 1. The second kappa shape index (κ2) is 5.56. The van der Waals surface area contributed by atoms with Gasteiger partial charge in [0.25, 0.3) is 0 Å². The molecule has 0 bridgehead atoms. The summed E-state index contributed by atoms with van der Waals surface area (Å²) in [5.41, 5.74) is 3.53. The SMILES string of the molecule is COc1ccc(C)cc1N=Cc1c(O)n(C)c2ccccc12. The van der Waals surface area contributed by atoms with Crippen LogP contribution in [0, 0.1) is 6.92 Å². The van der Waals surface area contributed by atoms with E-state index in [0.29, 0.717) is 11.3 Å². The molecule has 4 heteroatoms. The Balaban J connectivity index is 2.11. The number of rotatable bonds is 3. The van der Waals surface area contributed by atoms with Gasteiger partial charge in [-0.15, -0.1) is 0 Å². The maximum Gasteiger partial charge on any atom is 0.200 e. The van der Waals surface area contributed by atoms with E-state index < -0.39 is 0 Å². The van der Waals surface area contributed by atoms with E-state index in [0.717, 1.165) is 22.2 Å². The molecule has 0 spiro atoms. The number of ether oxygens (including phenoxy) is 1. The third kappa shape index (κ3) is 2.33. The Morgan fingerprint density at radius 1 is 1.18 bits per heavy atom. The van der Waals surface area contributed by atoms with Gasteiger partial charge in [-0.25, -0.2) is 0 Å². The third-order valence-electron chi connectivity index (χ3n) is 3.78. The van der Waals surface area contributed by atoms with Crippen LogP contribution in [0.15, 0.2) is 47.5 Å². The van der Waals surface area contributed by atoms with Crippen molar-refractivity contribution < 1.29 is 9.84 Å². The van der Waals surface area contributed by atoms with Crippen LogP contribution < -0.4 is 4.74 Å². The molecule has 0 saturated heterocycles. The summed E-state index contributed by atoms with van der Waals surface area (Å²) in [6.07, 6.45) is 1.69. The lowest BCUT2D eigenvalue weighted by atomic mass is 10.2. The Kier molecular flexibility index (Phi) is 3.59. The largest absolute Gasteiger partial charge is 0.494 e. The number of nitrogens with zero attached hydrogens (tertiary/aromatic N) is 2. The number of benzene rings is 2. The molecule has 22 heavy (non-hydrogen) atoms. The number of aromatic hydroxyl groups is 1. The first-order chi connectivity index (χ1) is 10.6. The van der Waals surface area contributed by atoms with E-state index in [4.69, 9.17) is 4.74 Å². The fourth-order valence-corrected chi connectivity index (χ4v) is 2.57. The van der Waals surface area contributed by atoms with Gasteiger partial charge in [0.05, 0.1) is 18.2 Å². The topological polar surface area (TPSA) is 46.8 Å². The summed E-state index contributed by atoms with van der Waals surface area (Å²) in [6.45, 7) is 2.01. The van der Waals surface area contributed by atoms with Crippen LogP contribution in [-0.4, -0.2) is 23.0 Å². The fourth-order valence-electron chi connectivity index (χ4n) is 2.57. The van der Waals surface area contributed by atoms with Crippen molar-refractivity contribution >= 4 is 22.8 Å². The van der Waals surface area contributed by atoms with E-state index in [1.807, 2.05) is 56.4 Å². The molecule has 3 rings (SSSR count). The van der Waals surface area contributed by atoms with Crippen molar-refractivity contribution in [1.29, 1.82) is 0 Å². The zero-order valence-electron chi connectivity index (χ0n) is 12.9. The van der Waals surface area contributed by atoms with Gasteiger partial charge in [0, 0.05) is 18.6 Å². The van der Waals surface area contributed by atoms with Crippen molar-refractivity contribution in [2.24, 2.45) is 12.0 Å². The lowest BCUT2D eigenvalue weighted by Crippen LogP contribution is -1.87. The average molecular weight is 294 g/mol. The van der Waals surface area contributed by atoms with Crippen LogP contribution in [0.5, 0.6) is 11.6 Å². The minimum Gasteiger partial charge on any atom is -0.494 e. The zero-order chi connectivity index (χ0) is 15.7. The summed E-state index contributed by atoms with van der Waals surface area (Å²) in [6, 6.07) is 13.7. The third-order valence-corrected chi connectivity index (χ3v) is 3.78. The lowest BCUT2D eigenvalue weighted by molar-refractivity contribution is 0.416. The number of aromatic nitrogens is 1. The highest BCUT2D eigenvalue weighted by atomic mass is 16.5. The van der Waals surface area contributed by atoms with E-state index in [1.165, 1.54) is 0 Å². The maximum absolute atomic E-state index is 10.3. The predicted molar refractivity (Wildman–Crippen MR) is 89.6 cm³/mol. The second-order valence-corrected chi connectivity index (χ2v) is 5.25. The first kappa shape index (κ1) is 14.2. The van der Waals surface area contributed by atoms with Crippen LogP contribution in [0.25, 0.3) is 10.9 Å². The lowest BCUT2D eigenvalue weighted by Gasteiger charge is -2.04. The molecule has 0 amide bonds. The highest BCUT2D eigenvalue weighted by Crippen LogP contribution is 2.31. The van der Waals surface area contributed by atoms with Crippen LogP contribution in [0.2, 0.25) is 0 Å². The standard InChI is InChI=1S/C18H18N2O2/c1-12-8-9-17(22-3)15(10-12)19-11-14-13-6-4-5-7-16(13)20(2)18(14)21/h4-11,21H,1-3H3. The Morgan fingerprint density at radius 3 is 2.73 bits per heavy atom. The zero-order valence-corrected chi connectivity index (χ0v) is 12.9. The normalized spacial score (nSPS) is 11.4. The first-order valence-electron chi connectivity index (χ1n) is 7.07. The molecule has 3 aromatic rings. The van der Waals surface area contributed by atoms with Crippen molar-refractivity contribution in [2.75, 3.05) is 7.11 Å². The van der Waals surface area contributed by atoms with Crippen LogP contribution in [0.4, 0.5) is 5.69 Å².